The summed E-state index contributed by atoms with van der Waals surface area (Å²) >= 11 is 0. The Kier molecular flexibility index (Phi) is 10.4. The lowest BCUT2D eigenvalue weighted by Gasteiger charge is -2.30. The number of ether oxygens (including phenoxy) is 4. The van der Waals surface area contributed by atoms with E-state index >= 15 is 0 Å². The molecule has 11 nitrogen and oxygen atoms in total. The number of carbonyl (C=O) groups is 3. The summed E-state index contributed by atoms with van der Waals surface area (Å²) in [4.78, 5) is 45.9. The largest absolute Gasteiger partial charge is 0.511 e. The Morgan fingerprint density at radius 3 is 2.51 bits per heavy atom. The first-order valence-electron chi connectivity index (χ1n) is 16.4. The lowest BCUT2D eigenvalue weighted by molar-refractivity contribution is -0.186. The minimum atomic E-state index is -1.10. The van der Waals surface area contributed by atoms with Crippen LogP contribution in [0.3, 0.4) is 0 Å². The van der Waals surface area contributed by atoms with Crippen LogP contribution in [-0.4, -0.2) is 75.8 Å². The summed E-state index contributed by atoms with van der Waals surface area (Å²) in [5.41, 5.74) is 3.65. The van der Waals surface area contributed by atoms with Gasteiger partial charge in [-0.1, -0.05) is 38.5 Å². The van der Waals surface area contributed by atoms with E-state index < -0.39 is 36.2 Å². The zero-order valence-electron chi connectivity index (χ0n) is 27.3. The molecule has 0 spiro atoms. The van der Waals surface area contributed by atoms with Crippen molar-refractivity contribution in [3.63, 3.8) is 0 Å². The van der Waals surface area contributed by atoms with Gasteiger partial charge in [0, 0.05) is 42.9 Å². The molecule has 1 unspecified atom stereocenters. The Hall–Kier alpha value is -3.60. The van der Waals surface area contributed by atoms with E-state index in [0.717, 1.165) is 62.0 Å². The molecule has 1 N–H and O–H groups in total. The number of fused-ring (bicyclic) bond motifs is 3. The van der Waals surface area contributed by atoms with Gasteiger partial charge in [-0.25, -0.2) is 14.6 Å². The highest BCUT2D eigenvalue weighted by Gasteiger charge is 2.38. The van der Waals surface area contributed by atoms with Gasteiger partial charge in [0.25, 0.3) is 6.29 Å². The van der Waals surface area contributed by atoms with Gasteiger partial charge < -0.3 is 28.8 Å². The fourth-order valence-electron chi connectivity index (χ4n) is 6.40. The summed E-state index contributed by atoms with van der Waals surface area (Å²) in [6, 6.07) is 7.37. The number of likely N-dealkylation sites (tertiary alicyclic amines) is 1. The standard InChI is InChI=1S/C34H48N4O7/c1-22(2)31(44-33(41)42-25-12-7-6-8-13-25)43-30(39)29(37-18-17-24(20-37)36-32(40)45-34(3,4)5)19-26-28-16-15-23-11-9-10-14-27(23)38(28)21-35-26/h9-11,14,21-22,24-25,29,31H,6-8,12-13,15-20H2,1-5H3,(H,36,40)/t24-,29-,31?/m0/s1. The number of nitrogens with one attached hydrogen (secondary N) is 1. The van der Waals surface area contributed by atoms with E-state index in [4.69, 9.17) is 23.9 Å². The number of rotatable bonds is 9. The molecule has 3 atom stereocenters. The fourth-order valence-corrected chi connectivity index (χ4v) is 6.40. The molecule has 0 bridgehead atoms. The number of hydrogen-bond acceptors (Lipinski definition) is 9. The smallest absolute Gasteiger partial charge is 0.444 e. The van der Waals surface area contributed by atoms with Crippen molar-refractivity contribution < 1.29 is 33.3 Å². The molecule has 3 heterocycles. The Balaban J connectivity index is 1.31. The lowest BCUT2D eigenvalue weighted by atomic mass is 9.98. The van der Waals surface area contributed by atoms with E-state index in [2.05, 4.69) is 22.0 Å². The zero-order valence-corrected chi connectivity index (χ0v) is 27.3. The molecule has 11 heteroatoms. The molecule has 2 fully saturated rings. The highest BCUT2D eigenvalue weighted by atomic mass is 16.8. The van der Waals surface area contributed by atoms with Crippen molar-refractivity contribution in [2.45, 2.75) is 122 Å². The molecule has 1 aromatic heterocycles. The van der Waals surface area contributed by atoms with Crippen LogP contribution in [0.2, 0.25) is 0 Å². The number of carbonyl (C=O) groups excluding carboxylic acids is 3. The third kappa shape index (κ3) is 8.56. The van der Waals surface area contributed by atoms with Crippen molar-refractivity contribution in [3.05, 3.63) is 47.5 Å². The van der Waals surface area contributed by atoms with Gasteiger partial charge in [0.05, 0.1) is 12.0 Å². The lowest BCUT2D eigenvalue weighted by Crippen LogP contribution is -2.47. The quantitative estimate of drug-likeness (QED) is 0.219. The van der Waals surface area contributed by atoms with Crippen LogP contribution in [0.1, 0.15) is 90.1 Å². The van der Waals surface area contributed by atoms with Crippen LogP contribution >= 0.6 is 0 Å². The van der Waals surface area contributed by atoms with E-state index in [1.54, 1.807) is 0 Å². The highest BCUT2D eigenvalue weighted by Crippen LogP contribution is 2.29. The number of alkyl carbamates (subject to hydrolysis) is 1. The van der Waals surface area contributed by atoms with Gasteiger partial charge in [-0.2, -0.15) is 0 Å². The third-order valence-electron chi connectivity index (χ3n) is 8.68. The molecule has 3 aliphatic rings. The molecule has 246 valence electrons. The summed E-state index contributed by atoms with van der Waals surface area (Å²) in [6.45, 7) is 10.1. The molecule has 1 amide bonds. The van der Waals surface area contributed by atoms with Crippen LogP contribution in [0.25, 0.3) is 5.69 Å². The Labute approximate surface area is 265 Å². The van der Waals surface area contributed by atoms with Gasteiger partial charge in [0.1, 0.15) is 17.7 Å². The summed E-state index contributed by atoms with van der Waals surface area (Å²) in [5, 5.41) is 2.94. The third-order valence-corrected chi connectivity index (χ3v) is 8.68. The van der Waals surface area contributed by atoms with E-state index in [1.165, 1.54) is 5.56 Å². The molecule has 1 aromatic carbocycles. The molecule has 2 aromatic rings. The Bertz CT molecular complexity index is 1340. The van der Waals surface area contributed by atoms with Crippen LogP contribution in [0.5, 0.6) is 0 Å². The number of hydrogen-bond donors (Lipinski definition) is 1. The first-order chi connectivity index (χ1) is 21.5. The monoisotopic (exact) mass is 624 g/mol. The number of imidazole rings is 1. The van der Waals surface area contributed by atoms with Gasteiger partial charge in [-0.3, -0.25) is 9.69 Å². The van der Waals surface area contributed by atoms with Crippen LogP contribution in [0, 0.1) is 5.92 Å². The first kappa shape index (κ1) is 32.8. The molecule has 0 radical (unpaired) electrons. The van der Waals surface area contributed by atoms with E-state index in [0.29, 0.717) is 25.9 Å². The van der Waals surface area contributed by atoms with Crippen LogP contribution in [0.15, 0.2) is 30.6 Å². The molecular weight excluding hydrogens is 576 g/mol. The van der Waals surface area contributed by atoms with Crippen LogP contribution < -0.4 is 5.32 Å². The van der Waals surface area contributed by atoms with Crippen molar-refractivity contribution in [2.75, 3.05) is 13.1 Å². The van der Waals surface area contributed by atoms with Crippen LogP contribution in [0.4, 0.5) is 9.59 Å². The average molecular weight is 625 g/mol. The van der Waals surface area contributed by atoms with E-state index in [-0.39, 0.29) is 18.1 Å². The maximum Gasteiger partial charge on any atom is 0.511 e. The first-order valence-corrected chi connectivity index (χ1v) is 16.4. The van der Waals surface area contributed by atoms with Gasteiger partial charge in [0.2, 0.25) is 0 Å². The zero-order chi connectivity index (χ0) is 32.1. The summed E-state index contributed by atoms with van der Waals surface area (Å²) < 4.78 is 24.6. The molecule has 1 saturated carbocycles. The van der Waals surface area contributed by atoms with Crippen molar-refractivity contribution in [3.8, 4) is 5.69 Å². The Morgan fingerprint density at radius 1 is 1.02 bits per heavy atom. The maximum atomic E-state index is 14.0. The number of aryl methyl sites for hydroxylation is 1. The molecule has 2 aliphatic heterocycles. The molecule has 5 rings (SSSR count). The molecule has 1 saturated heterocycles. The van der Waals surface area contributed by atoms with E-state index in [1.807, 2.05) is 58.0 Å². The van der Waals surface area contributed by atoms with Gasteiger partial charge in [-0.05, 0) is 77.3 Å². The second-order valence-corrected chi connectivity index (χ2v) is 13.8. The van der Waals surface area contributed by atoms with Crippen molar-refractivity contribution in [1.82, 2.24) is 19.8 Å². The minimum absolute atomic E-state index is 0.168. The molecule has 45 heavy (non-hydrogen) atoms. The number of benzene rings is 1. The van der Waals surface area contributed by atoms with Crippen molar-refractivity contribution in [2.24, 2.45) is 5.92 Å². The number of para-hydroxylation sites is 1. The number of amides is 1. The molecular formula is C34H48N4O7. The normalized spacial score (nSPS) is 20.1. The van der Waals surface area contributed by atoms with Crippen molar-refractivity contribution in [1.29, 1.82) is 0 Å². The van der Waals surface area contributed by atoms with Gasteiger partial charge in [-0.15, -0.1) is 0 Å². The summed E-state index contributed by atoms with van der Waals surface area (Å²) in [6.07, 6.45) is 6.73. The SMILES string of the molecule is CC(C)C(OC(=O)OC1CCCCC1)OC(=O)[C@H](Cc1ncn2c1CCc1ccccc1-2)N1CC[C@H](NC(=O)OC(C)(C)C)C1. The summed E-state index contributed by atoms with van der Waals surface area (Å²) in [5.74, 6) is -0.791. The Morgan fingerprint density at radius 2 is 1.78 bits per heavy atom. The highest BCUT2D eigenvalue weighted by molar-refractivity contribution is 5.77. The second-order valence-electron chi connectivity index (χ2n) is 13.8. The minimum Gasteiger partial charge on any atom is -0.444 e. The predicted molar refractivity (Wildman–Crippen MR) is 167 cm³/mol. The number of nitrogens with zero attached hydrogens (tertiary/aromatic N) is 3. The van der Waals surface area contributed by atoms with Gasteiger partial charge >= 0.3 is 18.2 Å². The number of aromatic nitrogens is 2. The van der Waals surface area contributed by atoms with E-state index in [9.17, 15) is 14.4 Å². The number of esters is 1. The molecule has 1 aliphatic carbocycles. The second kappa shape index (κ2) is 14.2. The topological polar surface area (TPSA) is 121 Å². The predicted octanol–water partition coefficient (Wildman–Crippen LogP) is 5.49. The van der Waals surface area contributed by atoms with Crippen LogP contribution in [-0.2, 0) is 43.0 Å². The average Bonchev–Trinajstić information content (AvgIpc) is 3.61. The van der Waals surface area contributed by atoms with Gasteiger partial charge in [0.15, 0.2) is 0 Å². The fraction of sp³-hybridized carbons (Fsp3) is 0.647. The summed E-state index contributed by atoms with van der Waals surface area (Å²) in [7, 11) is 0. The van der Waals surface area contributed by atoms with Crippen molar-refractivity contribution >= 4 is 18.2 Å². The maximum absolute atomic E-state index is 14.0.